The van der Waals surface area contributed by atoms with Crippen LogP contribution in [0.4, 0.5) is 0 Å². The maximum atomic E-state index is 6.04. The average molecular weight is 315 g/mol. The van der Waals surface area contributed by atoms with Crippen molar-refractivity contribution < 1.29 is 9.47 Å². The molecule has 0 N–H and O–H groups in total. The zero-order valence-electron chi connectivity index (χ0n) is 15.7. The predicted molar refractivity (Wildman–Crippen MR) is 97.6 cm³/mol. The lowest BCUT2D eigenvalue weighted by molar-refractivity contribution is -0.0233. The molecule has 0 aromatic rings. The lowest BCUT2D eigenvalue weighted by Gasteiger charge is -2.18. The van der Waals surface area contributed by atoms with E-state index in [4.69, 9.17) is 9.47 Å². The fourth-order valence-electron chi connectivity index (χ4n) is 2.62. The Balaban J connectivity index is 3.56. The van der Waals surface area contributed by atoms with Crippen molar-refractivity contribution in [2.24, 2.45) is 0 Å². The zero-order chi connectivity index (χ0) is 16.3. The number of hydrogen-bond donors (Lipinski definition) is 0. The molecule has 0 aromatic heterocycles. The van der Waals surface area contributed by atoms with Gasteiger partial charge in [0.15, 0.2) is 0 Å². The van der Waals surface area contributed by atoms with Crippen LogP contribution >= 0.6 is 0 Å². The second-order valence-corrected chi connectivity index (χ2v) is 6.54. The Hall–Kier alpha value is -0.0800. The second-order valence-electron chi connectivity index (χ2n) is 6.54. The largest absolute Gasteiger partial charge is 0.379 e. The third-order valence-electron chi connectivity index (χ3n) is 4.18. The molecule has 0 heterocycles. The normalized spacial score (nSPS) is 12.7. The minimum absolute atomic E-state index is 0.321. The number of ether oxygens (including phenoxy) is 2. The standard InChI is InChI=1S/C20H42O2/c1-4-7-10-12-14-17-21-19-20(16-9-6-3)22-18-15-13-11-8-5-2/h20H,4-19H2,1-3H3. The molecule has 0 bridgehead atoms. The van der Waals surface area contributed by atoms with Crippen molar-refractivity contribution in [2.75, 3.05) is 19.8 Å². The molecule has 0 saturated heterocycles. The van der Waals surface area contributed by atoms with Crippen molar-refractivity contribution in [3.05, 3.63) is 0 Å². The summed E-state index contributed by atoms with van der Waals surface area (Å²) in [4.78, 5) is 0. The Morgan fingerprint density at radius 3 is 1.73 bits per heavy atom. The quantitative estimate of drug-likeness (QED) is 0.268. The predicted octanol–water partition coefficient (Wildman–Crippen LogP) is 6.52. The van der Waals surface area contributed by atoms with Crippen LogP contribution in [0.5, 0.6) is 0 Å². The first-order chi connectivity index (χ1) is 10.8. The van der Waals surface area contributed by atoms with Gasteiger partial charge in [0, 0.05) is 13.2 Å². The molecule has 0 spiro atoms. The first-order valence-corrected chi connectivity index (χ1v) is 10.0. The Labute approximate surface area is 140 Å². The van der Waals surface area contributed by atoms with Gasteiger partial charge in [-0.05, 0) is 19.3 Å². The van der Waals surface area contributed by atoms with Crippen LogP contribution in [0.15, 0.2) is 0 Å². The molecule has 2 heteroatoms. The number of unbranched alkanes of at least 4 members (excludes halogenated alkanes) is 9. The second kappa shape index (κ2) is 19.0. The van der Waals surface area contributed by atoms with E-state index in [1.807, 2.05) is 0 Å². The third kappa shape index (κ3) is 16.3. The van der Waals surface area contributed by atoms with Gasteiger partial charge in [-0.1, -0.05) is 85.0 Å². The summed E-state index contributed by atoms with van der Waals surface area (Å²) in [6, 6.07) is 0. The SMILES string of the molecule is CCCCCCCOCC(CCCC)OCCCCCCC. The van der Waals surface area contributed by atoms with E-state index in [9.17, 15) is 0 Å². The molecular weight excluding hydrogens is 272 g/mol. The molecule has 0 aliphatic rings. The van der Waals surface area contributed by atoms with Crippen LogP contribution in [0.1, 0.15) is 104 Å². The first-order valence-electron chi connectivity index (χ1n) is 10.0. The van der Waals surface area contributed by atoms with E-state index in [0.29, 0.717) is 6.10 Å². The van der Waals surface area contributed by atoms with Gasteiger partial charge in [0.25, 0.3) is 0 Å². The summed E-state index contributed by atoms with van der Waals surface area (Å²) in [6.07, 6.45) is 17.1. The van der Waals surface area contributed by atoms with Crippen LogP contribution in [0.25, 0.3) is 0 Å². The van der Waals surface area contributed by atoms with E-state index < -0.39 is 0 Å². The molecule has 1 atom stereocenters. The Bertz CT molecular complexity index is 194. The van der Waals surface area contributed by atoms with Crippen molar-refractivity contribution >= 4 is 0 Å². The summed E-state index contributed by atoms with van der Waals surface area (Å²) in [5, 5.41) is 0. The minimum atomic E-state index is 0.321. The van der Waals surface area contributed by atoms with Gasteiger partial charge in [-0.2, -0.15) is 0 Å². The van der Waals surface area contributed by atoms with Gasteiger partial charge >= 0.3 is 0 Å². The van der Waals surface area contributed by atoms with Crippen LogP contribution in [-0.2, 0) is 9.47 Å². The van der Waals surface area contributed by atoms with Gasteiger partial charge in [0.1, 0.15) is 0 Å². The van der Waals surface area contributed by atoms with E-state index >= 15 is 0 Å². The summed E-state index contributed by atoms with van der Waals surface area (Å²) in [6.45, 7) is 9.38. The van der Waals surface area contributed by atoms with E-state index in [1.165, 1.54) is 77.0 Å². The average Bonchev–Trinajstić information content (AvgIpc) is 2.54. The highest BCUT2D eigenvalue weighted by atomic mass is 16.5. The number of hydrogen-bond acceptors (Lipinski definition) is 2. The van der Waals surface area contributed by atoms with Crippen molar-refractivity contribution in [1.82, 2.24) is 0 Å². The van der Waals surface area contributed by atoms with Crippen LogP contribution in [0, 0.1) is 0 Å². The molecule has 1 unspecified atom stereocenters. The fraction of sp³-hybridized carbons (Fsp3) is 1.00. The highest BCUT2D eigenvalue weighted by Crippen LogP contribution is 2.09. The summed E-state index contributed by atoms with van der Waals surface area (Å²) in [5.41, 5.74) is 0. The van der Waals surface area contributed by atoms with Crippen molar-refractivity contribution in [2.45, 2.75) is 110 Å². The molecular formula is C20H42O2. The summed E-state index contributed by atoms with van der Waals surface area (Å²) in [5.74, 6) is 0. The highest BCUT2D eigenvalue weighted by Gasteiger charge is 2.08. The lowest BCUT2D eigenvalue weighted by atomic mass is 10.1. The van der Waals surface area contributed by atoms with Crippen molar-refractivity contribution in [3.8, 4) is 0 Å². The van der Waals surface area contributed by atoms with Crippen LogP contribution in [0.2, 0.25) is 0 Å². The maximum Gasteiger partial charge on any atom is 0.0808 e. The fourth-order valence-corrected chi connectivity index (χ4v) is 2.62. The Morgan fingerprint density at radius 1 is 0.591 bits per heavy atom. The Morgan fingerprint density at radius 2 is 1.14 bits per heavy atom. The minimum Gasteiger partial charge on any atom is -0.379 e. The molecule has 0 amide bonds. The van der Waals surface area contributed by atoms with Gasteiger partial charge < -0.3 is 9.47 Å². The zero-order valence-corrected chi connectivity index (χ0v) is 15.7. The Kier molecular flexibility index (Phi) is 18.9. The summed E-state index contributed by atoms with van der Waals surface area (Å²) < 4.78 is 11.9. The molecule has 0 aliphatic heterocycles. The van der Waals surface area contributed by atoms with E-state index in [2.05, 4.69) is 20.8 Å². The molecule has 0 saturated carbocycles. The van der Waals surface area contributed by atoms with Crippen LogP contribution in [-0.4, -0.2) is 25.9 Å². The maximum absolute atomic E-state index is 6.04. The smallest absolute Gasteiger partial charge is 0.0808 e. The summed E-state index contributed by atoms with van der Waals surface area (Å²) in [7, 11) is 0. The van der Waals surface area contributed by atoms with E-state index in [-0.39, 0.29) is 0 Å². The van der Waals surface area contributed by atoms with Gasteiger partial charge in [-0.3, -0.25) is 0 Å². The molecule has 22 heavy (non-hydrogen) atoms. The monoisotopic (exact) mass is 314 g/mol. The van der Waals surface area contributed by atoms with Crippen LogP contribution < -0.4 is 0 Å². The molecule has 0 aromatic carbocycles. The van der Waals surface area contributed by atoms with Gasteiger partial charge in [-0.25, -0.2) is 0 Å². The third-order valence-corrected chi connectivity index (χ3v) is 4.18. The van der Waals surface area contributed by atoms with Crippen molar-refractivity contribution in [3.63, 3.8) is 0 Å². The van der Waals surface area contributed by atoms with E-state index in [1.54, 1.807) is 0 Å². The molecule has 0 rings (SSSR count). The lowest BCUT2D eigenvalue weighted by Crippen LogP contribution is -2.21. The van der Waals surface area contributed by atoms with Gasteiger partial charge in [-0.15, -0.1) is 0 Å². The molecule has 134 valence electrons. The van der Waals surface area contributed by atoms with Gasteiger partial charge in [0.2, 0.25) is 0 Å². The topological polar surface area (TPSA) is 18.5 Å². The highest BCUT2D eigenvalue weighted by molar-refractivity contribution is 4.58. The molecule has 0 radical (unpaired) electrons. The molecule has 2 nitrogen and oxygen atoms in total. The summed E-state index contributed by atoms with van der Waals surface area (Å²) >= 11 is 0. The van der Waals surface area contributed by atoms with E-state index in [0.717, 1.165) is 26.2 Å². The number of rotatable bonds is 18. The van der Waals surface area contributed by atoms with Gasteiger partial charge in [0.05, 0.1) is 12.7 Å². The molecule has 0 aliphatic carbocycles. The first kappa shape index (κ1) is 21.9. The molecule has 0 fully saturated rings. The van der Waals surface area contributed by atoms with Crippen molar-refractivity contribution in [1.29, 1.82) is 0 Å². The van der Waals surface area contributed by atoms with Crippen LogP contribution in [0.3, 0.4) is 0 Å².